The Bertz CT molecular complexity index is 1040. The third-order valence-corrected chi connectivity index (χ3v) is 4.99. The molecule has 0 saturated carbocycles. The Labute approximate surface area is 157 Å². The Morgan fingerprint density at radius 3 is 2.59 bits per heavy atom. The molecule has 1 heterocycles. The smallest absolute Gasteiger partial charge is 0.276 e. The number of aromatic nitrogens is 2. The average molecular weight is 360 g/mol. The Morgan fingerprint density at radius 1 is 1.07 bits per heavy atom. The molecule has 0 fully saturated rings. The number of anilines is 1. The number of nitrogens with two attached hydrogens (primary N) is 1. The molecular weight excluding hydrogens is 340 g/mol. The molecule has 3 aromatic rings. The number of fused-ring (bicyclic) bond motifs is 1. The number of carbonyl (C=O) groups excluding carboxylic acids is 2. The molecule has 6 nitrogen and oxygen atoms in total. The molecule has 3 N–H and O–H groups in total. The molecule has 0 radical (unpaired) electrons. The predicted octanol–water partition coefficient (Wildman–Crippen LogP) is 3.02. The number of benzene rings is 2. The number of carbonyl (C=O) groups is 2. The molecule has 2 aromatic carbocycles. The number of hydrogen-bond donors (Lipinski definition) is 2. The Kier molecular flexibility index (Phi) is 4.24. The van der Waals surface area contributed by atoms with Gasteiger partial charge in [-0.05, 0) is 56.0 Å². The van der Waals surface area contributed by atoms with Crippen LogP contribution in [-0.4, -0.2) is 21.6 Å². The number of hydrogen-bond acceptors (Lipinski definition) is 3. The first-order valence-corrected chi connectivity index (χ1v) is 8.93. The van der Waals surface area contributed by atoms with Gasteiger partial charge < -0.3 is 11.1 Å². The van der Waals surface area contributed by atoms with E-state index < -0.39 is 5.91 Å². The van der Waals surface area contributed by atoms with Crippen molar-refractivity contribution >= 4 is 17.5 Å². The fourth-order valence-corrected chi connectivity index (χ4v) is 3.62. The van der Waals surface area contributed by atoms with Gasteiger partial charge >= 0.3 is 0 Å². The van der Waals surface area contributed by atoms with Gasteiger partial charge in [0.05, 0.1) is 5.69 Å². The highest BCUT2D eigenvalue weighted by atomic mass is 16.2. The minimum atomic E-state index is -0.516. The van der Waals surface area contributed by atoms with Crippen LogP contribution in [0.15, 0.2) is 48.5 Å². The van der Waals surface area contributed by atoms with E-state index >= 15 is 0 Å². The molecule has 6 heteroatoms. The third kappa shape index (κ3) is 2.99. The topological polar surface area (TPSA) is 90.0 Å². The number of nitrogens with zero attached hydrogens (tertiary/aromatic N) is 2. The molecule has 0 bridgehead atoms. The molecule has 0 saturated heterocycles. The predicted molar refractivity (Wildman–Crippen MR) is 103 cm³/mol. The van der Waals surface area contributed by atoms with Crippen molar-refractivity contribution in [2.24, 2.45) is 5.73 Å². The molecule has 136 valence electrons. The van der Waals surface area contributed by atoms with Crippen molar-refractivity contribution in [2.75, 3.05) is 5.32 Å². The van der Waals surface area contributed by atoms with Crippen LogP contribution >= 0.6 is 0 Å². The van der Waals surface area contributed by atoms with Crippen LogP contribution in [0.4, 0.5) is 5.69 Å². The largest absolute Gasteiger partial charge is 0.366 e. The summed E-state index contributed by atoms with van der Waals surface area (Å²) in [6, 6.07) is 14.9. The molecule has 4 rings (SSSR count). The summed E-state index contributed by atoms with van der Waals surface area (Å²) in [5.41, 5.74) is 10.5. The summed E-state index contributed by atoms with van der Waals surface area (Å²) in [6.07, 6.45) is 2.75. The second-order valence-corrected chi connectivity index (χ2v) is 6.67. The van der Waals surface area contributed by atoms with Crippen molar-refractivity contribution < 1.29 is 9.59 Å². The van der Waals surface area contributed by atoms with Crippen LogP contribution in [-0.2, 0) is 12.8 Å². The SMILES string of the molecule is Cc1c(NC(=O)c2nn(-c3ccccc3)c3c2CCC3)cccc1C(N)=O. The maximum Gasteiger partial charge on any atom is 0.276 e. The van der Waals surface area contributed by atoms with Gasteiger partial charge in [-0.3, -0.25) is 9.59 Å². The van der Waals surface area contributed by atoms with Crippen LogP contribution in [0.2, 0.25) is 0 Å². The monoisotopic (exact) mass is 360 g/mol. The van der Waals surface area contributed by atoms with Crippen molar-refractivity contribution in [1.29, 1.82) is 0 Å². The lowest BCUT2D eigenvalue weighted by Crippen LogP contribution is -2.18. The molecule has 0 unspecified atom stereocenters. The Hall–Kier alpha value is -3.41. The second kappa shape index (κ2) is 6.72. The summed E-state index contributed by atoms with van der Waals surface area (Å²) in [4.78, 5) is 24.5. The number of para-hydroxylation sites is 1. The fraction of sp³-hybridized carbons (Fsp3) is 0.190. The van der Waals surface area contributed by atoms with Gasteiger partial charge in [0.25, 0.3) is 5.91 Å². The van der Waals surface area contributed by atoms with Gasteiger partial charge in [-0.2, -0.15) is 5.10 Å². The van der Waals surface area contributed by atoms with Crippen LogP contribution < -0.4 is 11.1 Å². The number of rotatable bonds is 4. The van der Waals surface area contributed by atoms with E-state index in [1.54, 1.807) is 25.1 Å². The van der Waals surface area contributed by atoms with Crippen LogP contribution in [0.5, 0.6) is 0 Å². The first-order valence-electron chi connectivity index (χ1n) is 8.93. The van der Waals surface area contributed by atoms with Crippen molar-refractivity contribution in [1.82, 2.24) is 9.78 Å². The van der Waals surface area contributed by atoms with Gasteiger partial charge in [-0.15, -0.1) is 0 Å². The summed E-state index contributed by atoms with van der Waals surface area (Å²) >= 11 is 0. The third-order valence-electron chi connectivity index (χ3n) is 4.99. The van der Waals surface area contributed by atoms with E-state index in [2.05, 4.69) is 10.4 Å². The average Bonchev–Trinajstić information content (AvgIpc) is 3.26. The van der Waals surface area contributed by atoms with Crippen molar-refractivity contribution in [3.05, 3.63) is 76.6 Å². The van der Waals surface area contributed by atoms with Crippen LogP contribution in [0, 0.1) is 6.92 Å². The lowest BCUT2D eigenvalue weighted by Gasteiger charge is -2.10. The van der Waals surface area contributed by atoms with Gasteiger partial charge in [-0.25, -0.2) is 4.68 Å². The molecule has 0 atom stereocenters. The van der Waals surface area contributed by atoms with Gasteiger partial charge in [0.2, 0.25) is 5.91 Å². The standard InChI is InChI=1S/C21H20N4O2/c1-13-15(20(22)26)9-5-11-17(13)23-21(27)19-16-10-6-12-18(16)25(24-19)14-7-3-2-4-8-14/h2-5,7-9,11H,6,10,12H2,1H3,(H2,22,26)(H,23,27). The zero-order valence-corrected chi connectivity index (χ0v) is 15.0. The highest BCUT2D eigenvalue weighted by molar-refractivity contribution is 6.05. The van der Waals surface area contributed by atoms with Gasteiger partial charge in [-0.1, -0.05) is 24.3 Å². The van der Waals surface area contributed by atoms with Crippen LogP contribution in [0.1, 0.15) is 44.1 Å². The van der Waals surface area contributed by atoms with Crippen molar-refractivity contribution in [2.45, 2.75) is 26.2 Å². The molecule has 2 amide bonds. The van der Waals surface area contributed by atoms with Crippen LogP contribution in [0.3, 0.4) is 0 Å². The van der Waals surface area contributed by atoms with Gasteiger partial charge in [0.1, 0.15) is 0 Å². The summed E-state index contributed by atoms with van der Waals surface area (Å²) in [6.45, 7) is 1.77. The first-order chi connectivity index (χ1) is 13.1. The van der Waals surface area contributed by atoms with E-state index in [0.29, 0.717) is 22.5 Å². The fourth-order valence-electron chi connectivity index (χ4n) is 3.62. The summed E-state index contributed by atoms with van der Waals surface area (Å²) in [7, 11) is 0. The zero-order valence-electron chi connectivity index (χ0n) is 15.0. The lowest BCUT2D eigenvalue weighted by atomic mass is 10.1. The molecule has 1 aromatic heterocycles. The first kappa shape index (κ1) is 17.0. The molecule has 0 aliphatic heterocycles. The minimum Gasteiger partial charge on any atom is -0.366 e. The van der Waals surface area contributed by atoms with E-state index in [9.17, 15) is 9.59 Å². The van der Waals surface area contributed by atoms with E-state index in [-0.39, 0.29) is 5.91 Å². The normalized spacial score (nSPS) is 12.6. The molecule has 27 heavy (non-hydrogen) atoms. The summed E-state index contributed by atoms with van der Waals surface area (Å²) in [5.74, 6) is -0.787. The maximum absolute atomic E-state index is 12.9. The Balaban J connectivity index is 1.70. The summed E-state index contributed by atoms with van der Waals surface area (Å²) < 4.78 is 1.87. The van der Waals surface area contributed by atoms with Crippen molar-refractivity contribution in [3.8, 4) is 5.69 Å². The molecule has 0 spiro atoms. The molecular formula is C21H20N4O2. The van der Waals surface area contributed by atoms with Crippen molar-refractivity contribution in [3.63, 3.8) is 0 Å². The lowest BCUT2D eigenvalue weighted by molar-refractivity contribution is 0.0994. The van der Waals surface area contributed by atoms with E-state index in [1.807, 2.05) is 35.0 Å². The number of primary amides is 1. The number of nitrogens with one attached hydrogen (secondary N) is 1. The quantitative estimate of drug-likeness (QED) is 0.749. The summed E-state index contributed by atoms with van der Waals surface area (Å²) in [5, 5.41) is 7.49. The van der Waals surface area contributed by atoms with Crippen LogP contribution in [0.25, 0.3) is 5.69 Å². The highest BCUT2D eigenvalue weighted by Crippen LogP contribution is 2.29. The van der Waals surface area contributed by atoms with E-state index in [4.69, 9.17) is 5.73 Å². The van der Waals surface area contributed by atoms with E-state index in [0.717, 1.165) is 36.2 Å². The minimum absolute atomic E-state index is 0.271. The van der Waals surface area contributed by atoms with Gasteiger partial charge in [0, 0.05) is 22.5 Å². The Morgan fingerprint density at radius 2 is 1.85 bits per heavy atom. The van der Waals surface area contributed by atoms with E-state index in [1.165, 1.54) is 0 Å². The number of amides is 2. The highest BCUT2D eigenvalue weighted by Gasteiger charge is 2.27. The van der Waals surface area contributed by atoms with Gasteiger partial charge in [0.15, 0.2) is 5.69 Å². The molecule has 1 aliphatic rings. The zero-order chi connectivity index (χ0) is 19.0. The maximum atomic E-state index is 12.9. The molecule has 1 aliphatic carbocycles. The second-order valence-electron chi connectivity index (χ2n) is 6.67.